The lowest BCUT2D eigenvalue weighted by molar-refractivity contribution is 0.0964. The third-order valence-corrected chi connectivity index (χ3v) is 2.70. The summed E-state index contributed by atoms with van der Waals surface area (Å²) in [6.45, 7) is 9.07. The second kappa shape index (κ2) is 10.4. The highest BCUT2D eigenvalue weighted by molar-refractivity contribution is 5.38. The van der Waals surface area contributed by atoms with Crippen LogP contribution in [0, 0.1) is 0 Å². The molecule has 1 aromatic rings. The van der Waals surface area contributed by atoms with E-state index in [1.54, 1.807) is 0 Å². The molecule has 114 valence electrons. The summed E-state index contributed by atoms with van der Waals surface area (Å²) in [7, 11) is 0. The molecule has 0 atom stereocenters. The van der Waals surface area contributed by atoms with Gasteiger partial charge in [0.1, 0.15) is 18.2 Å². The second-order valence-corrected chi connectivity index (χ2v) is 4.60. The first kappa shape index (κ1) is 16.7. The summed E-state index contributed by atoms with van der Waals surface area (Å²) in [5.41, 5.74) is 0. The van der Waals surface area contributed by atoms with Gasteiger partial charge in [0.2, 0.25) is 5.88 Å². The number of unbranched alkanes of at least 4 members (excludes halogenated alkanes) is 1. The molecule has 0 aliphatic carbocycles. The molecule has 0 unspecified atom stereocenters. The fourth-order valence-electron chi connectivity index (χ4n) is 1.71. The van der Waals surface area contributed by atoms with E-state index in [0.29, 0.717) is 19.1 Å². The maximum atomic E-state index is 5.64. The second-order valence-electron chi connectivity index (χ2n) is 4.60. The Morgan fingerprint density at radius 1 is 1.05 bits per heavy atom. The number of ether oxygens (including phenoxy) is 2. The molecule has 20 heavy (non-hydrogen) atoms. The molecule has 1 rings (SSSR count). The van der Waals surface area contributed by atoms with Crippen molar-refractivity contribution in [1.82, 2.24) is 9.97 Å². The van der Waals surface area contributed by atoms with Gasteiger partial charge in [0, 0.05) is 25.6 Å². The van der Waals surface area contributed by atoms with E-state index in [9.17, 15) is 0 Å². The molecule has 0 aliphatic heterocycles. The fraction of sp³-hybridized carbons (Fsp3) is 0.733. The maximum absolute atomic E-state index is 5.64. The molecule has 0 saturated heterocycles. The third kappa shape index (κ3) is 6.70. The van der Waals surface area contributed by atoms with Crippen LogP contribution in [-0.4, -0.2) is 36.3 Å². The Labute approximate surface area is 122 Å². The zero-order valence-electron chi connectivity index (χ0n) is 12.9. The zero-order chi connectivity index (χ0) is 14.6. The van der Waals surface area contributed by atoms with Crippen LogP contribution in [0.4, 0.5) is 5.82 Å². The molecule has 1 heterocycles. The predicted molar refractivity (Wildman–Crippen MR) is 81.4 cm³/mol. The summed E-state index contributed by atoms with van der Waals surface area (Å²) in [4.78, 5) is 8.86. The summed E-state index contributed by atoms with van der Waals surface area (Å²) in [5.74, 6) is 2.28. The van der Waals surface area contributed by atoms with Crippen molar-refractivity contribution in [3.8, 4) is 5.88 Å². The lowest BCUT2D eigenvalue weighted by atomic mass is 10.3. The molecule has 0 saturated carbocycles. The first-order chi connectivity index (χ1) is 9.80. The number of nitrogens with one attached hydrogen (secondary N) is 1. The number of anilines is 1. The van der Waals surface area contributed by atoms with Crippen LogP contribution in [0.2, 0.25) is 0 Å². The Hall–Kier alpha value is -1.36. The minimum atomic E-state index is 0.526. The van der Waals surface area contributed by atoms with Gasteiger partial charge in [0.15, 0.2) is 0 Å². The molecule has 5 nitrogen and oxygen atoms in total. The average molecular weight is 281 g/mol. The van der Waals surface area contributed by atoms with Crippen molar-refractivity contribution in [3.63, 3.8) is 0 Å². The Bertz CT molecular complexity index is 348. The van der Waals surface area contributed by atoms with Crippen molar-refractivity contribution >= 4 is 5.82 Å². The van der Waals surface area contributed by atoms with Gasteiger partial charge < -0.3 is 14.8 Å². The predicted octanol–water partition coefficient (Wildman–Crippen LogP) is 3.06. The van der Waals surface area contributed by atoms with Crippen molar-refractivity contribution in [2.45, 2.75) is 46.5 Å². The quantitative estimate of drug-likeness (QED) is 0.632. The van der Waals surface area contributed by atoms with Crippen LogP contribution in [-0.2, 0) is 11.2 Å². The molecular formula is C15H27N3O2. The Morgan fingerprint density at radius 2 is 1.90 bits per heavy atom. The maximum Gasteiger partial charge on any atom is 0.218 e. The SMILES string of the molecule is CCCCOCCOc1cc(NCC)nc(CCC)n1. The van der Waals surface area contributed by atoms with Crippen LogP contribution in [0.3, 0.4) is 0 Å². The first-order valence-electron chi connectivity index (χ1n) is 7.62. The van der Waals surface area contributed by atoms with Crippen LogP contribution in [0.1, 0.15) is 45.9 Å². The van der Waals surface area contributed by atoms with Gasteiger partial charge in [0.05, 0.1) is 6.61 Å². The molecule has 0 radical (unpaired) electrons. The molecule has 1 aromatic heterocycles. The van der Waals surface area contributed by atoms with Crippen LogP contribution in [0.15, 0.2) is 6.07 Å². The minimum absolute atomic E-state index is 0.526. The van der Waals surface area contributed by atoms with E-state index in [-0.39, 0.29) is 0 Å². The van der Waals surface area contributed by atoms with E-state index in [1.807, 2.05) is 13.0 Å². The van der Waals surface area contributed by atoms with E-state index in [1.165, 1.54) is 0 Å². The molecule has 0 aliphatic rings. The van der Waals surface area contributed by atoms with Crippen LogP contribution < -0.4 is 10.1 Å². The molecule has 5 heteroatoms. The highest BCUT2D eigenvalue weighted by atomic mass is 16.5. The standard InChI is InChI=1S/C15H27N3O2/c1-4-7-9-19-10-11-20-15-12-14(16-6-3)17-13(18-15)8-5-2/h12H,4-11H2,1-3H3,(H,16,17,18). The average Bonchev–Trinajstić information content (AvgIpc) is 2.43. The smallest absolute Gasteiger partial charge is 0.218 e. The monoisotopic (exact) mass is 281 g/mol. The van der Waals surface area contributed by atoms with E-state index < -0.39 is 0 Å². The minimum Gasteiger partial charge on any atom is -0.475 e. The molecular weight excluding hydrogens is 254 g/mol. The topological polar surface area (TPSA) is 56.3 Å². The normalized spacial score (nSPS) is 10.6. The van der Waals surface area contributed by atoms with Crippen molar-refractivity contribution < 1.29 is 9.47 Å². The van der Waals surface area contributed by atoms with Crippen LogP contribution in [0.5, 0.6) is 5.88 Å². The highest BCUT2D eigenvalue weighted by Crippen LogP contribution is 2.14. The molecule has 0 spiro atoms. The van der Waals surface area contributed by atoms with Gasteiger partial charge in [-0.2, -0.15) is 4.98 Å². The number of nitrogens with zero attached hydrogens (tertiary/aromatic N) is 2. The van der Waals surface area contributed by atoms with Gasteiger partial charge in [-0.15, -0.1) is 0 Å². The van der Waals surface area contributed by atoms with Gasteiger partial charge in [-0.05, 0) is 19.8 Å². The molecule has 0 fully saturated rings. The summed E-state index contributed by atoms with van der Waals surface area (Å²) >= 11 is 0. The van der Waals surface area contributed by atoms with E-state index >= 15 is 0 Å². The lowest BCUT2D eigenvalue weighted by Crippen LogP contribution is -2.10. The van der Waals surface area contributed by atoms with Crippen molar-refractivity contribution in [2.75, 3.05) is 31.7 Å². The van der Waals surface area contributed by atoms with E-state index in [0.717, 1.165) is 50.5 Å². The van der Waals surface area contributed by atoms with E-state index in [4.69, 9.17) is 9.47 Å². The van der Waals surface area contributed by atoms with Gasteiger partial charge in [-0.25, -0.2) is 4.98 Å². The van der Waals surface area contributed by atoms with Crippen molar-refractivity contribution in [3.05, 3.63) is 11.9 Å². The number of aromatic nitrogens is 2. The number of hydrogen-bond acceptors (Lipinski definition) is 5. The molecule has 0 bridgehead atoms. The molecule has 1 N–H and O–H groups in total. The number of hydrogen-bond donors (Lipinski definition) is 1. The van der Waals surface area contributed by atoms with Crippen LogP contribution >= 0.6 is 0 Å². The molecule has 0 aromatic carbocycles. The Balaban J connectivity index is 2.46. The summed E-state index contributed by atoms with van der Waals surface area (Å²) in [5, 5.41) is 3.20. The number of aryl methyl sites for hydroxylation is 1. The van der Waals surface area contributed by atoms with Crippen molar-refractivity contribution in [1.29, 1.82) is 0 Å². The summed E-state index contributed by atoms with van der Waals surface area (Å²) < 4.78 is 11.1. The van der Waals surface area contributed by atoms with Crippen molar-refractivity contribution in [2.24, 2.45) is 0 Å². The van der Waals surface area contributed by atoms with Gasteiger partial charge in [0.25, 0.3) is 0 Å². The molecule has 0 amide bonds. The summed E-state index contributed by atoms with van der Waals surface area (Å²) in [6.07, 6.45) is 4.13. The largest absolute Gasteiger partial charge is 0.475 e. The lowest BCUT2D eigenvalue weighted by Gasteiger charge is -2.10. The fourth-order valence-corrected chi connectivity index (χ4v) is 1.71. The van der Waals surface area contributed by atoms with Gasteiger partial charge in [-0.3, -0.25) is 0 Å². The third-order valence-electron chi connectivity index (χ3n) is 2.70. The first-order valence-corrected chi connectivity index (χ1v) is 7.62. The summed E-state index contributed by atoms with van der Waals surface area (Å²) in [6, 6.07) is 1.84. The van der Waals surface area contributed by atoms with E-state index in [2.05, 4.69) is 29.1 Å². The van der Waals surface area contributed by atoms with Crippen LogP contribution in [0.25, 0.3) is 0 Å². The zero-order valence-corrected chi connectivity index (χ0v) is 12.9. The number of rotatable bonds is 11. The Kier molecular flexibility index (Phi) is 8.71. The van der Waals surface area contributed by atoms with Gasteiger partial charge in [-0.1, -0.05) is 20.3 Å². The highest BCUT2D eigenvalue weighted by Gasteiger charge is 2.04. The Morgan fingerprint density at radius 3 is 2.60 bits per heavy atom. The van der Waals surface area contributed by atoms with Gasteiger partial charge >= 0.3 is 0 Å².